The zero-order chi connectivity index (χ0) is 30.2. The lowest BCUT2D eigenvalue weighted by molar-refractivity contribution is -0.124. The van der Waals surface area contributed by atoms with Crippen LogP contribution in [0.25, 0.3) is 0 Å². The number of amides is 2. The number of nitrogens with one attached hydrogen (secondary N) is 1. The molecule has 3 aromatic carbocycles. The molecule has 0 spiro atoms. The average molecular weight is 602 g/mol. The Morgan fingerprint density at radius 1 is 0.907 bits per heavy atom. The minimum atomic E-state index is -0.698. The van der Waals surface area contributed by atoms with Crippen molar-refractivity contribution in [3.8, 4) is 11.5 Å². The number of piperazine rings is 1. The van der Waals surface area contributed by atoms with Gasteiger partial charge >= 0.3 is 0 Å². The fourth-order valence-electron chi connectivity index (χ4n) is 5.60. The highest BCUT2D eigenvalue weighted by molar-refractivity contribution is 7.80. The molecular weight excluding hydrogens is 562 g/mol. The van der Waals surface area contributed by atoms with Crippen molar-refractivity contribution in [3.05, 3.63) is 78.9 Å². The summed E-state index contributed by atoms with van der Waals surface area (Å²) in [6, 6.07) is 24.3. The van der Waals surface area contributed by atoms with Crippen LogP contribution in [0.15, 0.2) is 78.9 Å². The molecule has 1 atom stereocenters. The van der Waals surface area contributed by atoms with Crippen molar-refractivity contribution in [2.75, 3.05) is 68.1 Å². The maximum atomic E-state index is 13.8. The predicted octanol–water partition coefficient (Wildman–Crippen LogP) is 4.64. The van der Waals surface area contributed by atoms with Crippen LogP contribution in [0.1, 0.15) is 19.8 Å². The van der Waals surface area contributed by atoms with Crippen molar-refractivity contribution in [2.45, 2.75) is 25.8 Å². The third-order valence-corrected chi connectivity index (χ3v) is 8.24. The summed E-state index contributed by atoms with van der Waals surface area (Å²) in [4.78, 5) is 35.3. The molecule has 2 aliphatic heterocycles. The van der Waals surface area contributed by atoms with Crippen LogP contribution in [0, 0.1) is 0 Å². The fraction of sp³-hybridized carbons (Fsp3) is 0.364. The Morgan fingerprint density at radius 2 is 1.63 bits per heavy atom. The van der Waals surface area contributed by atoms with E-state index in [1.165, 1.54) is 10.6 Å². The second kappa shape index (κ2) is 14.3. The van der Waals surface area contributed by atoms with E-state index in [2.05, 4.69) is 39.4 Å². The summed E-state index contributed by atoms with van der Waals surface area (Å²) in [5.41, 5.74) is 2.53. The van der Waals surface area contributed by atoms with E-state index in [1.807, 2.05) is 48.2 Å². The highest BCUT2D eigenvalue weighted by Gasteiger charge is 2.44. The Labute approximate surface area is 259 Å². The molecule has 3 aromatic rings. The van der Waals surface area contributed by atoms with Gasteiger partial charge in [-0.3, -0.25) is 19.4 Å². The molecule has 2 amide bonds. The first kappa shape index (κ1) is 30.3. The van der Waals surface area contributed by atoms with Gasteiger partial charge in [0.1, 0.15) is 17.5 Å². The predicted molar refractivity (Wildman–Crippen MR) is 174 cm³/mol. The van der Waals surface area contributed by atoms with Crippen LogP contribution >= 0.6 is 12.2 Å². The van der Waals surface area contributed by atoms with E-state index in [-0.39, 0.29) is 18.2 Å². The van der Waals surface area contributed by atoms with Gasteiger partial charge in [-0.25, -0.2) is 0 Å². The Hall–Kier alpha value is -4.15. The van der Waals surface area contributed by atoms with E-state index in [1.54, 1.807) is 25.3 Å². The first-order chi connectivity index (χ1) is 21.0. The molecule has 2 heterocycles. The summed E-state index contributed by atoms with van der Waals surface area (Å²) in [7, 11) is 1.59. The molecule has 5 rings (SSSR count). The number of carbonyl (C=O) groups excluding carboxylic acids is 2. The summed E-state index contributed by atoms with van der Waals surface area (Å²) >= 11 is 5.86. The largest absolute Gasteiger partial charge is 0.497 e. The topological polar surface area (TPSA) is 77.6 Å². The number of nitrogens with zero attached hydrogens (tertiary/aromatic N) is 4. The van der Waals surface area contributed by atoms with Crippen LogP contribution in [0.3, 0.4) is 0 Å². The van der Waals surface area contributed by atoms with E-state index in [9.17, 15) is 9.59 Å². The number of hydrogen-bond donors (Lipinski definition) is 1. The van der Waals surface area contributed by atoms with Crippen molar-refractivity contribution < 1.29 is 19.1 Å². The molecule has 9 nitrogen and oxygen atoms in total. The SMILES string of the molecule is CCOc1ccc(NC(=O)C[C@@H]2C(=O)N(c3cccc(OC)c3)C(=S)N2CCCN2CCN(c3ccccc3)CC2)cc1. The summed E-state index contributed by atoms with van der Waals surface area (Å²) in [5.74, 6) is 0.904. The molecule has 10 heteroatoms. The van der Waals surface area contributed by atoms with Crippen LogP contribution in [0.5, 0.6) is 11.5 Å². The maximum absolute atomic E-state index is 13.8. The second-order valence-corrected chi connectivity index (χ2v) is 11.0. The molecule has 2 aliphatic rings. The van der Waals surface area contributed by atoms with Gasteiger partial charge in [-0.15, -0.1) is 0 Å². The van der Waals surface area contributed by atoms with Crippen LogP contribution in [0.4, 0.5) is 17.1 Å². The summed E-state index contributed by atoms with van der Waals surface area (Å²) in [5, 5.41) is 3.33. The number of carbonyl (C=O) groups is 2. The molecule has 0 unspecified atom stereocenters. The van der Waals surface area contributed by atoms with Crippen molar-refractivity contribution in [1.82, 2.24) is 9.80 Å². The lowest BCUT2D eigenvalue weighted by Crippen LogP contribution is -2.47. The lowest BCUT2D eigenvalue weighted by atomic mass is 10.1. The fourth-order valence-corrected chi connectivity index (χ4v) is 6.01. The number of thiocarbonyl (C=S) groups is 1. The second-order valence-electron chi connectivity index (χ2n) is 10.6. The summed E-state index contributed by atoms with van der Waals surface area (Å²) in [6.07, 6.45) is 0.810. The zero-order valence-corrected chi connectivity index (χ0v) is 25.6. The van der Waals surface area contributed by atoms with Crippen molar-refractivity contribution in [1.29, 1.82) is 0 Å². The van der Waals surface area contributed by atoms with Gasteiger partial charge in [-0.05, 0) is 80.6 Å². The molecule has 0 saturated carbocycles. The van der Waals surface area contributed by atoms with Crippen molar-refractivity contribution in [3.63, 3.8) is 0 Å². The van der Waals surface area contributed by atoms with Crippen LogP contribution in [-0.4, -0.2) is 85.8 Å². The average Bonchev–Trinajstić information content (AvgIpc) is 3.26. The number of ether oxygens (including phenoxy) is 2. The van der Waals surface area contributed by atoms with Gasteiger partial charge in [0.2, 0.25) is 5.91 Å². The number of benzene rings is 3. The van der Waals surface area contributed by atoms with Crippen molar-refractivity contribution >= 4 is 46.2 Å². The number of rotatable bonds is 12. The molecule has 2 fully saturated rings. The van der Waals surface area contributed by atoms with Crippen LogP contribution in [0.2, 0.25) is 0 Å². The van der Waals surface area contributed by atoms with Gasteiger partial charge < -0.3 is 24.6 Å². The van der Waals surface area contributed by atoms with Gasteiger partial charge in [-0.2, -0.15) is 0 Å². The van der Waals surface area contributed by atoms with Gasteiger partial charge in [0.15, 0.2) is 5.11 Å². The minimum absolute atomic E-state index is 0.0115. The molecule has 0 radical (unpaired) electrons. The van der Waals surface area contributed by atoms with Crippen LogP contribution < -0.4 is 24.6 Å². The Morgan fingerprint density at radius 3 is 2.33 bits per heavy atom. The standard InChI is InChI=1S/C33H39N5O4S/c1-3-42-28-15-13-25(14-16-28)34-31(39)24-30-32(40)38(27-11-7-12-29(23-27)41-2)33(43)37(30)18-8-17-35-19-21-36(22-20-35)26-9-5-4-6-10-26/h4-7,9-16,23,30H,3,8,17-22,24H2,1-2H3,(H,34,39)/t30-/m1/s1. The molecule has 1 N–H and O–H groups in total. The van der Waals surface area contributed by atoms with Crippen LogP contribution in [-0.2, 0) is 9.59 Å². The molecule has 0 aliphatic carbocycles. The third kappa shape index (κ3) is 7.44. The zero-order valence-electron chi connectivity index (χ0n) is 24.8. The molecule has 0 aromatic heterocycles. The van der Waals surface area contributed by atoms with Gasteiger partial charge in [0.05, 0.1) is 25.8 Å². The Kier molecular flexibility index (Phi) is 10.1. The molecule has 2 saturated heterocycles. The first-order valence-corrected chi connectivity index (χ1v) is 15.2. The van der Waals surface area contributed by atoms with E-state index >= 15 is 0 Å². The third-order valence-electron chi connectivity index (χ3n) is 7.82. The normalized spacial score (nSPS) is 17.3. The van der Waals surface area contributed by atoms with E-state index in [0.717, 1.165) is 44.9 Å². The summed E-state index contributed by atoms with van der Waals surface area (Å²) in [6.45, 7) is 7.85. The monoisotopic (exact) mass is 601 g/mol. The highest BCUT2D eigenvalue weighted by atomic mass is 32.1. The van der Waals surface area contributed by atoms with Crippen molar-refractivity contribution in [2.24, 2.45) is 0 Å². The van der Waals surface area contributed by atoms with E-state index in [0.29, 0.717) is 35.4 Å². The molecule has 0 bridgehead atoms. The number of anilines is 3. The molecular formula is C33H39N5O4S. The van der Waals surface area contributed by atoms with E-state index < -0.39 is 6.04 Å². The number of methoxy groups -OCH3 is 1. The quantitative estimate of drug-likeness (QED) is 0.301. The minimum Gasteiger partial charge on any atom is -0.497 e. The lowest BCUT2D eigenvalue weighted by Gasteiger charge is -2.36. The molecule has 43 heavy (non-hydrogen) atoms. The number of para-hydroxylation sites is 1. The Bertz CT molecular complexity index is 1400. The smallest absolute Gasteiger partial charge is 0.256 e. The highest BCUT2D eigenvalue weighted by Crippen LogP contribution is 2.30. The number of hydrogen-bond acceptors (Lipinski definition) is 7. The Balaban J connectivity index is 1.23. The van der Waals surface area contributed by atoms with Gasteiger partial charge in [-0.1, -0.05) is 24.3 Å². The van der Waals surface area contributed by atoms with Gasteiger partial charge in [0.25, 0.3) is 5.91 Å². The summed E-state index contributed by atoms with van der Waals surface area (Å²) < 4.78 is 10.9. The molecule has 226 valence electrons. The van der Waals surface area contributed by atoms with E-state index in [4.69, 9.17) is 21.7 Å². The van der Waals surface area contributed by atoms with Gasteiger partial charge in [0, 0.05) is 50.2 Å². The maximum Gasteiger partial charge on any atom is 0.256 e. The first-order valence-electron chi connectivity index (χ1n) is 14.8.